The highest BCUT2D eigenvalue weighted by Crippen LogP contribution is 2.32. The van der Waals surface area contributed by atoms with Crippen molar-refractivity contribution < 1.29 is 9.59 Å². The van der Waals surface area contributed by atoms with Crippen LogP contribution in [0, 0.1) is 30.1 Å². The van der Waals surface area contributed by atoms with E-state index >= 15 is 0 Å². The van der Waals surface area contributed by atoms with Crippen LogP contribution >= 0.6 is 0 Å². The normalized spacial score (nSPS) is 23.0. The van der Waals surface area contributed by atoms with E-state index in [4.69, 9.17) is 0 Å². The quantitative estimate of drug-likeness (QED) is 0.768. The number of hydrogen-bond donors (Lipinski definition) is 1. The molecule has 1 saturated heterocycles. The summed E-state index contributed by atoms with van der Waals surface area (Å²) < 4.78 is 0. The highest BCUT2D eigenvalue weighted by atomic mass is 16.2. The zero-order valence-electron chi connectivity index (χ0n) is 19.4. The van der Waals surface area contributed by atoms with Crippen LogP contribution in [0.5, 0.6) is 0 Å². The van der Waals surface area contributed by atoms with E-state index in [-0.39, 0.29) is 18.4 Å². The molecule has 1 aromatic rings. The average molecular weight is 425 g/mol. The number of anilines is 1. The molecule has 168 valence electrons. The fourth-order valence-electron chi connectivity index (χ4n) is 5.14. The van der Waals surface area contributed by atoms with E-state index < -0.39 is 5.54 Å². The lowest BCUT2D eigenvalue weighted by Crippen LogP contribution is -2.51. The molecule has 6 nitrogen and oxygen atoms in total. The Morgan fingerprint density at radius 1 is 1.19 bits per heavy atom. The van der Waals surface area contributed by atoms with Gasteiger partial charge in [-0.1, -0.05) is 39.2 Å². The summed E-state index contributed by atoms with van der Waals surface area (Å²) in [5.41, 5.74) is 1.74. The number of aryl methyl sites for hydroxylation is 1. The van der Waals surface area contributed by atoms with Crippen molar-refractivity contribution in [2.45, 2.75) is 64.8 Å². The second-order valence-electron chi connectivity index (χ2n) is 9.70. The molecular weight excluding hydrogens is 388 g/mol. The second kappa shape index (κ2) is 9.72. The van der Waals surface area contributed by atoms with E-state index in [2.05, 4.69) is 25.2 Å². The maximum Gasteiger partial charge on any atom is 0.253 e. The molecule has 3 rings (SSSR count). The van der Waals surface area contributed by atoms with E-state index in [1.54, 1.807) is 11.9 Å². The SMILES string of the molecule is Cc1ccc(C(=O)N2CC(C)CC(C)C2)cc1NCC(=O)N(C)C1(C#N)CCCCC1. The lowest BCUT2D eigenvalue weighted by atomic mass is 9.81. The number of carbonyl (C=O) groups is 2. The minimum atomic E-state index is -0.689. The summed E-state index contributed by atoms with van der Waals surface area (Å²) in [4.78, 5) is 29.5. The molecule has 6 heteroatoms. The Morgan fingerprint density at radius 3 is 2.45 bits per heavy atom. The molecule has 2 fully saturated rings. The maximum atomic E-state index is 13.1. The Balaban J connectivity index is 1.67. The van der Waals surface area contributed by atoms with Crippen LogP contribution in [0.2, 0.25) is 0 Å². The zero-order chi connectivity index (χ0) is 22.6. The molecule has 0 bridgehead atoms. The van der Waals surface area contributed by atoms with Gasteiger partial charge in [-0.15, -0.1) is 0 Å². The van der Waals surface area contributed by atoms with Gasteiger partial charge in [0, 0.05) is 31.4 Å². The fourth-order valence-corrected chi connectivity index (χ4v) is 5.14. The number of likely N-dealkylation sites (tertiary alicyclic amines) is 1. The van der Waals surface area contributed by atoms with Crippen molar-refractivity contribution in [3.8, 4) is 6.07 Å². The lowest BCUT2D eigenvalue weighted by Gasteiger charge is -2.39. The van der Waals surface area contributed by atoms with Gasteiger partial charge in [-0.25, -0.2) is 0 Å². The molecule has 0 spiro atoms. The Hall–Kier alpha value is -2.55. The molecule has 0 aromatic heterocycles. The lowest BCUT2D eigenvalue weighted by molar-refractivity contribution is -0.132. The number of amides is 2. The molecule has 1 heterocycles. The number of nitrogens with zero attached hydrogens (tertiary/aromatic N) is 3. The van der Waals surface area contributed by atoms with Crippen LogP contribution in [0.3, 0.4) is 0 Å². The van der Waals surface area contributed by atoms with Gasteiger partial charge in [0.1, 0.15) is 5.54 Å². The van der Waals surface area contributed by atoms with Gasteiger partial charge in [-0.2, -0.15) is 5.26 Å². The van der Waals surface area contributed by atoms with Crippen molar-refractivity contribution >= 4 is 17.5 Å². The Labute approximate surface area is 186 Å². The largest absolute Gasteiger partial charge is 0.376 e. The van der Waals surface area contributed by atoms with Crippen molar-refractivity contribution in [2.24, 2.45) is 11.8 Å². The van der Waals surface area contributed by atoms with Crippen LogP contribution in [0.15, 0.2) is 18.2 Å². The number of benzene rings is 1. The average Bonchev–Trinajstić information content (AvgIpc) is 2.77. The third-order valence-corrected chi connectivity index (χ3v) is 6.98. The van der Waals surface area contributed by atoms with Gasteiger partial charge < -0.3 is 15.1 Å². The van der Waals surface area contributed by atoms with Gasteiger partial charge in [0.2, 0.25) is 5.91 Å². The molecule has 2 aliphatic rings. The predicted molar refractivity (Wildman–Crippen MR) is 123 cm³/mol. The molecule has 1 N–H and O–H groups in total. The van der Waals surface area contributed by atoms with Crippen LogP contribution in [-0.4, -0.2) is 53.8 Å². The van der Waals surface area contributed by atoms with Crippen LogP contribution in [-0.2, 0) is 4.79 Å². The van der Waals surface area contributed by atoms with Gasteiger partial charge in [-0.05, 0) is 55.7 Å². The number of carbonyl (C=O) groups excluding carboxylic acids is 2. The molecule has 2 atom stereocenters. The molecule has 0 radical (unpaired) electrons. The van der Waals surface area contributed by atoms with Crippen molar-refractivity contribution in [3.63, 3.8) is 0 Å². The molecule has 1 saturated carbocycles. The summed E-state index contributed by atoms with van der Waals surface area (Å²) in [7, 11) is 1.74. The molecule has 2 amide bonds. The van der Waals surface area contributed by atoms with Crippen LogP contribution in [0.4, 0.5) is 5.69 Å². The third-order valence-electron chi connectivity index (χ3n) is 6.98. The fraction of sp³-hybridized carbons (Fsp3) is 0.640. The summed E-state index contributed by atoms with van der Waals surface area (Å²) in [5, 5.41) is 13.0. The molecular formula is C25H36N4O2. The highest BCUT2D eigenvalue weighted by Gasteiger charge is 2.38. The van der Waals surface area contributed by atoms with E-state index in [0.29, 0.717) is 17.4 Å². The number of hydrogen-bond acceptors (Lipinski definition) is 4. The van der Waals surface area contributed by atoms with Gasteiger partial charge in [0.05, 0.1) is 12.6 Å². The monoisotopic (exact) mass is 424 g/mol. The minimum Gasteiger partial charge on any atom is -0.376 e. The Morgan fingerprint density at radius 2 is 1.84 bits per heavy atom. The topological polar surface area (TPSA) is 76.4 Å². The molecule has 1 aliphatic heterocycles. The maximum absolute atomic E-state index is 13.1. The Kier molecular flexibility index (Phi) is 7.25. The van der Waals surface area contributed by atoms with Gasteiger partial charge in [0.15, 0.2) is 0 Å². The minimum absolute atomic E-state index is 0.0514. The Bertz CT molecular complexity index is 844. The van der Waals surface area contributed by atoms with E-state index in [9.17, 15) is 14.9 Å². The van der Waals surface area contributed by atoms with Crippen molar-refractivity contribution in [1.82, 2.24) is 9.80 Å². The van der Waals surface area contributed by atoms with Gasteiger partial charge in [-0.3, -0.25) is 9.59 Å². The first-order chi connectivity index (χ1) is 14.8. The second-order valence-corrected chi connectivity index (χ2v) is 9.70. The van der Waals surface area contributed by atoms with E-state index in [1.807, 2.05) is 30.0 Å². The number of nitrogens with one attached hydrogen (secondary N) is 1. The van der Waals surface area contributed by atoms with Crippen molar-refractivity contribution in [3.05, 3.63) is 29.3 Å². The standard InChI is InChI=1S/C25H36N4O2/c1-18-12-19(2)16-29(15-18)24(31)21-9-8-20(3)22(13-21)27-14-23(30)28(4)25(17-26)10-6-5-7-11-25/h8-9,13,18-19,27H,5-7,10-12,14-16H2,1-4H3. The smallest absolute Gasteiger partial charge is 0.253 e. The van der Waals surface area contributed by atoms with Crippen LogP contribution in [0.1, 0.15) is 68.3 Å². The third kappa shape index (κ3) is 5.20. The molecule has 1 aromatic carbocycles. The summed E-state index contributed by atoms with van der Waals surface area (Å²) in [6.07, 6.45) is 5.72. The summed E-state index contributed by atoms with van der Waals surface area (Å²) >= 11 is 0. The number of piperidine rings is 1. The summed E-state index contributed by atoms with van der Waals surface area (Å²) in [5.74, 6) is 0.973. The first-order valence-corrected chi connectivity index (χ1v) is 11.6. The number of likely N-dealkylation sites (N-methyl/N-ethyl adjacent to an activating group) is 1. The molecule has 31 heavy (non-hydrogen) atoms. The molecule has 2 unspecified atom stereocenters. The highest BCUT2D eigenvalue weighted by molar-refractivity contribution is 5.95. The van der Waals surface area contributed by atoms with Crippen LogP contribution < -0.4 is 5.32 Å². The van der Waals surface area contributed by atoms with Gasteiger partial charge in [0.25, 0.3) is 5.91 Å². The van der Waals surface area contributed by atoms with E-state index in [0.717, 1.165) is 62.9 Å². The number of nitriles is 1. The first kappa shape index (κ1) is 23.1. The van der Waals surface area contributed by atoms with Crippen molar-refractivity contribution in [1.29, 1.82) is 5.26 Å². The van der Waals surface area contributed by atoms with Crippen LogP contribution in [0.25, 0.3) is 0 Å². The predicted octanol–water partition coefficient (Wildman–Crippen LogP) is 4.21. The summed E-state index contributed by atoms with van der Waals surface area (Å²) in [6.45, 7) is 8.05. The van der Waals surface area contributed by atoms with E-state index in [1.165, 1.54) is 0 Å². The molecule has 1 aliphatic carbocycles. The first-order valence-electron chi connectivity index (χ1n) is 11.6. The number of rotatable bonds is 5. The van der Waals surface area contributed by atoms with Crippen molar-refractivity contribution in [2.75, 3.05) is 32.0 Å². The summed E-state index contributed by atoms with van der Waals surface area (Å²) in [6, 6.07) is 8.06. The zero-order valence-corrected chi connectivity index (χ0v) is 19.4. The van der Waals surface area contributed by atoms with Gasteiger partial charge >= 0.3 is 0 Å².